The summed E-state index contributed by atoms with van der Waals surface area (Å²) in [5, 5.41) is 2.78. The number of sulfonamides is 1. The van der Waals surface area contributed by atoms with E-state index in [0.717, 1.165) is 6.42 Å². The number of para-hydroxylation sites is 1. The third kappa shape index (κ3) is 4.46. The van der Waals surface area contributed by atoms with Gasteiger partial charge in [0.2, 0.25) is 11.8 Å². The maximum atomic E-state index is 13.0. The molecule has 0 aromatic heterocycles. The molecule has 2 aliphatic rings. The zero-order chi connectivity index (χ0) is 22.0. The Balaban J connectivity index is 1.42. The maximum absolute atomic E-state index is 13.0. The van der Waals surface area contributed by atoms with Crippen LogP contribution in [0.25, 0.3) is 0 Å². The number of likely N-dealkylation sites (tertiary alicyclic amines) is 1. The van der Waals surface area contributed by atoms with Crippen LogP contribution >= 0.6 is 0 Å². The van der Waals surface area contributed by atoms with Crippen LogP contribution in [0, 0.1) is 5.92 Å². The number of rotatable bonds is 4. The van der Waals surface area contributed by atoms with Gasteiger partial charge >= 0.3 is 0 Å². The van der Waals surface area contributed by atoms with E-state index in [1.807, 2.05) is 23.1 Å². The third-order valence-electron chi connectivity index (χ3n) is 5.50. The number of anilines is 1. The Hall–Kier alpha value is -3.20. The number of nitrogens with one attached hydrogen (secondary N) is 1. The number of amidine groups is 1. The molecule has 2 aromatic carbocycles. The second-order valence-corrected chi connectivity index (χ2v) is 9.35. The normalized spacial score (nSPS) is 19.3. The number of carbonyl (C=O) groups excluding carboxylic acids is 2. The molecule has 2 aliphatic heterocycles. The smallest absolute Gasteiger partial charge is 0.285 e. The lowest BCUT2D eigenvalue weighted by molar-refractivity contribution is -0.138. The molecular weight excluding hydrogens is 416 g/mol. The SMILES string of the molecule is CN(CC(=O)Nc1ccccc1)C(=O)C1CCCN(C2=NS(=O)(=O)c3ccccc32)C1. The molecular formula is C22H24N4O4S. The molecule has 1 saturated heterocycles. The summed E-state index contributed by atoms with van der Waals surface area (Å²) in [5.74, 6) is -0.337. The summed E-state index contributed by atoms with van der Waals surface area (Å²) >= 11 is 0. The van der Waals surface area contributed by atoms with E-state index in [1.165, 1.54) is 4.90 Å². The van der Waals surface area contributed by atoms with E-state index in [4.69, 9.17) is 0 Å². The lowest BCUT2D eigenvalue weighted by Gasteiger charge is -2.35. The molecule has 2 amide bonds. The van der Waals surface area contributed by atoms with E-state index in [-0.39, 0.29) is 29.2 Å². The molecule has 8 nitrogen and oxygen atoms in total. The highest BCUT2D eigenvalue weighted by Crippen LogP contribution is 2.30. The van der Waals surface area contributed by atoms with Crippen molar-refractivity contribution < 1.29 is 18.0 Å². The number of hydrogen-bond donors (Lipinski definition) is 1. The minimum absolute atomic E-state index is 0.0532. The molecule has 1 N–H and O–H groups in total. The molecule has 0 saturated carbocycles. The second kappa shape index (κ2) is 8.50. The van der Waals surface area contributed by atoms with Crippen LogP contribution < -0.4 is 5.32 Å². The van der Waals surface area contributed by atoms with Gasteiger partial charge in [-0.15, -0.1) is 4.40 Å². The molecule has 4 rings (SSSR count). The van der Waals surface area contributed by atoms with E-state index in [1.54, 1.807) is 43.4 Å². The number of benzene rings is 2. The van der Waals surface area contributed by atoms with Crippen LogP contribution in [0.4, 0.5) is 5.69 Å². The number of likely N-dealkylation sites (N-methyl/N-ethyl adjacent to an activating group) is 1. The summed E-state index contributed by atoms with van der Waals surface area (Å²) in [7, 11) is -2.10. The highest BCUT2D eigenvalue weighted by Gasteiger charge is 2.36. The molecule has 0 bridgehead atoms. The fourth-order valence-electron chi connectivity index (χ4n) is 4.01. The molecule has 1 fully saturated rings. The molecule has 9 heteroatoms. The number of piperidine rings is 1. The minimum Gasteiger partial charge on any atom is -0.355 e. The van der Waals surface area contributed by atoms with Gasteiger partial charge < -0.3 is 15.1 Å². The van der Waals surface area contributed by atoms with E-state index in [2.05, 4.69) is 9.71 Å². The highest BCUT2D eigenvalue weighted by molar-refractivity contribution is 7.90. The lowest BCUT2D eigenvalue weighted by atomic mass is 9.96. The van der Waals surface area contributed by atoms with Gasteiger partial charge in [0.1, 0.15) is 4.90 Å². The minimum atomic E-state index is -3.71. The Morgan fingerprint density at radius 1 is 1.13 bits per heavy atom. The summed E-state index contributed by atoms with van der Waals surface area (Å²) in [6.07, 6.45) is 1.42. The van der Waals surface area contributed by atoms with Crippen molar-refractivity contribution in [2.75, 3.05) is 32.0 Å². The van der Waals surface area contributed by atoms with Crippen molar-refractivity contribution in [1.29, 1.82) is 0 Å². The zero-order valence-electron chi connectivity index (χ0n) is 17.2. The average Bonchev–Trinajstić information content (AvgIpc) is 3.05. The van der Waals surface area contributed by atoms with Gasteiger partial charge in [0.25, 0.3) is 10.0 Å². The fourth-order valence-corrected chi connectivity index (χ4v) is 5.24. The Kier molecular flexibility index (Phi) is 5.77. The largest absolute Gasteiger partial charge is 0.355 e. The van der Waals surface area contributed by atoms with Crippen LogP contribution in [-0.4, -0.2) is 62.5 Å². The summed E-state index contributed by atoms with van der Waals surface area (Å²) in [6, 6.07) is 15.8. The van der Waals surface area contributed by atoms with Gasteiger partial charge in [-0.2, -0.15) is 8.42 Å². The Labute approximate surface area is 181 Å². The van der Waals surface area contributed by atoms with Gasteiger partial charge in [0.05, 0.1) is 12.5 Å². The average molecular weight is 441 g/mol. The summed E-state index contributed by atoms with van der Waals surface area (Å²) in [4.78, 5) is 28.8. The molecule has 0 spiro atoms. The Bertz CT molecular complexity index is 1130. The van der Waals surface area contributed by atoms with Crippen LogP contribution in [0.2, 0.25) is 0 Å². The van der Waals surface area contributed by atoms with Crippen molar-refractivity contribution in [1.82, 2.24) is 9.80 Å². The van der Waals surface area contributed by atoms with Crippen LogP contribution in [0.15, 0.2) is 63.9 Å². The van der Waals surface area contributed by atoms with Gasteiger partial charge in [-0.05, 0) is 37.1 Å². The number of nitrogens with zero attached hydrogens (tertiary/aromatic N) is 3. The topological polar surface area (TPSA) is 99.2 Å². The molecule has 2 aromatic rings. The first kappa shape index (κ1) is 21.0. The van der Waals surface area contributed by atoms with Gasteiger partial charge in [0, 0.05) is 31.4 Å². The van der Waals surface area contributed by atoms with E-state index in [9.17, 15) is 18.0 Å². The quantitative estimate of drug-likeness (QED) is 0.783. The summed E-state index contributed by atoms with van der Waals surface area (Å²) in [5.41, 5.74) is 1.25. The number of fused-ring (bicyclic) bond motifs is 1. The predicted molar refractivity (Wildman–Crippen MR) is 117 cm³/mol. The molecule has 0 aliphatic carbocycles. The van der Waals surface area contributed by atoms with Crippen LogP contribution in [0.3, 0.4) is 0 Å². The van der Waals surface area contributed by atoms with Crippen LogP contribution in [-0.2, 0) is 19.6 Å². The number of amides is 2. The molecule has 1 unspecified atom stereocenters. The van der Waals surface area contributed by atoms with Crippen molar-refractivity contribution >= 4 is 33.4 Å². The van der Waals surface area contributed by atoms with Crippen molar-refractivity contribution in [2.24, 2.45) is 10.3 Å². The Morgan fingerprint density at radius 2 is 1.84 bits per heavy atom. The fraction of sp³-hybridized carbons (Fsp3) is 0.318. The first-order chi connectivity index (χ1) is 14.8. The van der Waals surface area contributed by atoms with Crippen LogP contribution in [0.1, 0.15) is 18.4 Å². The summed E-state index contributed by atoms with van der Waals surface area (Å²) < 4.78 is 28.7. The van der Waals surface area contributed by atoms with Gasteiger partial charge in [0.15, 0.2) is 5.84 Å². The first-order valence-electron chi connectivity index (χ1n) is 10.1. The van der Waals surface area contributed by atoms with E-state index < -0.39 is 10.0 Å². The third-order valence-corrected chi connectivity index (χ3v) is 6.82. The first-order valence-corrected chi connectivity index (χ1v) is 11.6. The molecule has 0 radical (unpaired) electrons. The monoisotopic (exact) mass is 440 g/mol. The van der Waals surface area contributed by atoms with Crippen LogP contribution in [0.5, 0.6) is 0 Å². The lowest BCUT2D eigenvalue weighted by Crippen LogP contribution is -2.47. The predicted octanol–water partition coefficient (Wildman–Crippen LogP) is 1.94. The number of hydrogen-bond acceptors (Lipinski definition) is 5. The van der Waals surface area contributed by atoms with Crippen molar-refractivity contribution in [3.8, 4) is 0 Å². The molecule has 162 valence electrons. The highest BCUT2D eigenvalue weighted by atomic mass is 32.2. The second-order valence-electron chi connectivity index (χ2n) is 7.78. The summed E-state index contributed by atoms with van der Waals surface area (Å²) in [6.45, 7) is 0.944. The van der Waals surface area contributed by atoms with Crippen molar-refractivity contribution in [3.63, 3.8) is 0 Å². The maximum Gasteiger partial charge on any atom is 0.285 e. The molecule has 2 heterocycles. The van der Waals surface area contributed by atoms with Crippen molar-refractivity contribution in [3.05, 3.63) is 60.2 Å². The van der Waals surface area contributed by atoms with Gasteiger partial charge in [-0.1, -0.05) is 30.3 Å². The van der Waals surface area contributed by atoms with Crippen molar-refractivity contribution in [2.45, 2.75) is 17.7 Å². The van der Waals surface area contributed by atoms with E-state index in [0.29, 0.717) is 36.6 Å². The zero-order valence-corrected chi connectivity index (χ0v) is 18.0. The molecule has 31 heavy (non-hydrogen) atoms. The molecule has 1 atom stereocenters. The Morgan fingerprint density at radius 3 is 2.61 bits per heavy atom. The van der Waals surface area contributed by atoms with Gasteiger partial charge in [-0.25, -0.2) is 0 Å². The number of carbonyl (C=O) groups is 2. The van der Waals surface area contributed by atoms with E-state index >= 15 is 0 Å². The standard InChI is InChI=1S/C22H24N4O4S/c1-25(15-20(27)23-17-9-3-2-4-10-17)22(28)16-8-7-13-26(14-16)21-18-11-5-6-12-19(18)31(29,30)24-21/h2-6,9-12,16H,7-8,13-15H2,1H3,(H,23,27). The van der Waals surface area contributed by atoms with Gasteiger partial charge in [-0.3, -0.25) is 9.59 Å².